The minimum atomic E-state index is -0.146. The van der Waals surface area contributed by atoms with E-state index in [0.717, 1.165) is 72.3 Å². The zero-order chi connectivity index (χ0) is 90.4. The Kier molecular flexibility index (Phi) is 18.6. The van der Waals surface area contributed by atoms with Crippen molar-refractivity contribution in [2.24, 2.45) is 0 Å². The van der Waals surface area contributed by atoms with Crippen LogP contribution in [0.5, 0.6) is 0 Å². The van der Waals surface area contributed by atoms with Crippen molar-refractivity contribution in [2.75, 3.05) is 0 Å². The predicted octanol–water partition coefficient (Wildman–Crippen LogP) is 28.4. The fourth-order valence-electron chi connectivity index (χ4n) is 22.3. The molecule has 0 radical (unpaired) electrons. The summed E-state index contributed by atoms with van der Waals surface area (Å²) in [5, 5.41) is 0. The highest BCUT2D eigenvalue weighted by Gasteiger charge is 2.45. The number of rotatable bonds is 13. The Morgan fingerprint density at radius 3 is 0.618 bits per heavy atom. The van der Waals surface area contributed by atoms with E-state index in [9.17, 15) is 0 Å². The third kappa shape index (κ3) is 13.2. The zero-order valence-electron chi connectivity index (χ0n) is 74.9. The standard InChI is InChI=1S/C65H44N6.C59H40N6/c1-65(2)54-27-15-14-25-51(54)58-46(26-16-28-55(58)65)39-29-31-43(32-30-39)62-67-61(42-21-10-5-11-22-42)70-64(71-62)45-34-36-50-53(38-45)57-48-24-13-12-23-47(48)56(50)52-37-44(33-35-49(52)57)63-68-59(40-17-6-3-7-18-40)66-60(69-63)41-19-8-4-9-20-41;1-59(2)48-27-15-14-25-44(48)52-45(26-16-28-49(52)59)58-64-55(37-21-10-5-11-22-37)63-57(65-58)39-30-32-43-47(34-39)51-41-24-13-12-23-40(41)50(43)46-33-38(29-31-42(46)51)56-61-53(35-17-6-3-7-18-35)60-54(62-56)36-19-8-4-9-20-36/h3-38,56-57H,1-2H3;3-34,50-51H,1-2H3. The average Bonchev–Trinajstić information content (AvgIpc) is 1.13. The maximum absolute atomic E-state index is 5.36. The Bertz CT molecular complexity index is 8300. The topological polar surface area (TPSA) is 155 Å². The molecule has 0 amide bonds. The number of hydrogen-bond donors (Lipinski definition) is 0. The van der Waals surface area contributed by atoms with Crippen molar-refractivity contribution >= 4 is 0 Å². The summed E-state index contributed by atoms with van der Waals surface area (Å²) in [4.78, 5) is 61.7. The third-order valence-electron chi connectivity index (χ3n) is 28.7. The molecule has 0 saturated heterocycles. The maximum Gasteiger partial charge on any atom is 0.164 e. The first kappa shape index (κ1) is 79.7. The smallest absolute Gasteiger partial charge is 0.164 e. The minimum Gasteiger partial charge on any atom is -0.208 e. The molecule has 4 bridgehead atoms. The number of benzene rings is 17. The van der Waals surface area contributed by atoms with Crippen LogP contribution in [0.3, 0.4) is 0 Å². The zero-order valence-corrected chi connectivity index (χ0v) is 74.9. The second-order valence-corrected chi connectivity index (χ2v) is 37.2. The number of hydrogen-bond acceptors (Lipinski definition) is 12. The lowest BCUT2D eigenvalue weighted by Gasteiger charge is -2.42. The van der Waals surface area contributed by atoms with E-state index in [1.807, 2.05) is 109 Å². The summed E-state index contributed by atoms with van der Waals surface area (Å²) in [6.45, 7) is 9.28. The molecule has 21 aromatic rings. The molecule has 4 atom stereocenters. The molecule has 8 aliphatic rings. The Morgan fingerprint density at radius 2 is 0.331 bits per heavy atom. The van der Waals surface area contributed by atoms with E-state index in [1.165, 1.54) is 117 Å². The first-order chi connectivity index (χ1) is 66.9. The van der Waals surface area contributed by atoms with Crippen LogP contribution in [-0.4, -0.2) is 59.8 Å². The van der Waals surface area contributed by atoms with Crippen molar-refractivity contribution in [3.05, 3.63) is 502 Å². The molecule has 0 saturated carbocycles. The lowest BCUT2D eigenvalue weighted by molar-refractivity contribution is 0.660. The molecular weight excluding hydrogens is 1660 g/mol. The van der Waals surface area contributed by atoms with Crippen LogP contribution in [0, 0.1) is 0 Å². The van der Waals surface area contributed by atoms with E-state index in [1.54, 1.807) is 0 Å². The molecule has 0 fully saturated rings. The van der Waals surface area contributed by atoms with Crippen LogP contribution in [0.25, 0.3) is 170 Å². The van der Waals surface area contributed by atoms with Gasteiger partial charge in [0.15, 0.2) is 69.9 Å². The van der Waals surface area contributed by atoms with Crippen LogP contribution in [0.2, 0.25) is 0 Å². The molecule has 0 N–H and O–H groups in total. The lowest BCUT2D eigenvalue weighted by Crippen LogP contribution is -2.27. The van der Waals surface area contributed by atoms with Gasteiger partial charge in [-0.1, -0.05) is 416 Å². The van der Waals surface area contributed by atoms with Crippen molar-refractivity contribution < 1.29 is 0 Å². The van der Waals surface area contributed by atoms with Crippen LogP contribution >= 0.6 is 0 Å². The van der Waals surface area contributed by atoms with Crippen LogP contribution < -0.4 is 0 Å². The molecule has 17 aromatic carbocycles. The molecule has 12 heteroatoms. The van der Waals surface area contributed by atoms with Gasteiger partial charge in [-0.25, -0.2) is 59.8 Å². The van der Waals surface area contributed by atoms with Crippen molar-refractivity contribution in [1.29, 1.82) is 0 Å². The van der Waals surface area contributed by atoms with E-state index in [0.29, 0.717) is 69.9 Å². The van der Waals surface area contributed by atoms with Gasteiger partial charge < -0.3 is 0 Å². The highest BCUT2D eigenvalue weighted by molar-refractivity contribution is 5.94. The molecule has 29 rings (SSSR count). The summed E-state index contributed by atoms with van der Waals surface area (Å²) in [5.74, 6) is 7.91. The van der Waals surface area contributed by atoms with Crippen LogP contribution in [0.15, 0.2) is 413 Å². The van der Waals surface area contributed by atoms with Gasteiger partial charge >= 0.3 is 0 Å². The van der Waals surface area contributed by atoms with Gasteiger partial charge in [0.2, 0.25) is 0 Å². The highest BCUT2D eigenvalue weighted by Crippen LogP contribution is 2.60. The largest absolute Gasteiger partial charge is 0.208 e. The van der Waals surface area contributed by atoms with Gasteiger partial charge in [-0.05, 0) is 147 Å². The fourth-order valence-corrected chi connectivity index (χ4v) is 22.3. The Morgan fingerprint density at radius 1 is 0.140 bits per heavy atom. The summed E-state index contributed by atoms with van der Waals surface area (Å²) in [6, 6.07) is 146. The molecule has 12 nitrogen and oxygen atoms in total. The van der Waals surface area contributed by atoms with Gasteiger partial charge in [0, 0.05) is 101 Å². The van der Waals surface area contributed by atoms with Gasteiger partial charge in [-0.2, -0.15) is 0 Å². The molecule has 4 unspecified atom stereocenters. The van der Waals surface area contributed by atoms with E-state index in [-0.39, 0.29) is 34.5 Å². The summed E-state index contributed by atoms with van der Waals surface area (Å²) < 4.78 is 0. The predicted molar refractivity (Wildman–Crippen MR) is 542 cm³/mol. The number of aromatic nitrogens is 12. The Balaban J connectivity index is 0.000000142. The van der Waals surface area contributed by atoms with Crippen LogP contribution in [-0.2, 0) is 10.8 Å². The monoisotopic (exact) mass is 1740 g/mol. The fraction of sp³-hybridized carbons (Fsp3) is 0.0806. The van der Waals surface area contributed by atoms with E-state index in [4.69, 9.17) is 59.8 Å². The van der Waals surface area contributed by atoms with E-state index < -0.39 is 0 Å². The van der Waals surface area contributed by atoms with Crippen molar-refractivity contribution in [3.8, 4) is 170 Å². The normalized spacial score (nSPS) is 15.5. The van der Waals surface area contributed by atoms with E-state index in [2.05, 4.69) is 331 Å². The summed E-state index contributed by atoms with van der Waals surface area (Å²) in [7, 11) is 0. The van der Waals surface area contributed by atoms with Gasteiger partial charge in [0.05, 0.1) is 0 Å². The lowest BCUT2D eigenvalue weighted by atomic mass is 9.61. The molecule has 4 heterocycles. The highest BCUT2D eigenvalue weighted by atomic mass is 15.1. The molecule has 136 heavy (non-hydrogen) atoms. The molecule has 4 aromatic heterocycles. The molecule has 0 aliphatic heterocycles. The Labute approximate surface area is 788 Å². The first-order valence-corrected chi connectivity index (χ1v) is 46.6. The van der Waals surface area contributed by atoms with Crippen molar-refractivity contribution in [1.82, 2.24) is 59.8 Å². The van der Waals surface area contributed by atoms with Gasteiger partial charge in [-0.15, -0.1) is 0 Å². The number of fused-ring (bicyclic) bond motifs is 6. The van der Waals surface area contributed by atoms with Crippen LogP contribution in [0.1, 0.15) is 140 Å². The Hall–Kier alpha value is -17.2. The molecule has 640 valence electrons. The molecule has 8 aliphatic carbocycles. The summed E-state index contributed by atoms with van der Waals surface area (Å²) in [6.07, 6.45) is 0. The third-order valence-corrected chi connectivity index (χ3v) is 28.7. The average molecular weight is 1740 g/mol. The van der Waals surface area contributed by atoms with E-state index >= 15 is 0 Å². The van der Waals surface area contributed by atoms with Gasteiger partial charge in [0.25, 0.3) is 0 Å². The minimum absolute atomic E-state index is 0.0211. The maximum atomic E-state index is 5.36. The van der Waals surface area contributed by atoms with Crippen molar-refractivity contribution in [2.45, 2.75) is 62.2 Å². The second-order valence-electron chi connectivity index (χ2n) is 37.2. The van der Waals surface area contributed by atoms with Crippen molar-refractivity contribution in [3.63, 3.8) is 0 Å². The first-order valence-electron chi connectivity index (χ1n) is 46.6. The van der Waals surface area contributed by atoms with Crippen LogP contribution in [0.4, 0.5) is 0 Å². The molecule has 0 spiro atoms. The molecular formula is C124H84N12. The SMILES string of the molecule is CC1(C)c2ccccc2-c2c(-c3ccc(-c4nc(-c5ccccc5)nc(-c5ccc6c(c5)C5c7ccccc7C6c6cc(-c7nc(-c8ccccc8)nc(-c8ccccc8)n7)ccc65)n4)cc3)cccc21.CC1(C)c2ccccc2-c2c(-c3nc(-c4ccccc4)nc(-c4ccc5c(c4)C4c6ccccc6C5c5cc(-c6nc(-c7ccccc7)nc(-c7ccccc7)n6)ccc54)n3)cccc21. The number of nitrogens with zero attached hydrogens (tertiary/aromatic N) is 12. The quantitative estimate of drug-likeness (QED) is 0.108. The summed E-state index contributed by atoms with van der Waals surface area (Å²) in [5.41, 5.74) is 39.7. The second kappa shape index (κ2) is 31.8. The van der Waals surface area contributed by atoms with Gasteiger partial charge in [0.1, 0.15) is 0 Å². The van der Waals surface area contributed by atoms with Gasteiger partial charge in [-0.3, -0.25) is 0 Å². The summed E-state index contributed by atoms with van der Waals surface area (Å²) >= 11 is 0.